The molecule has 1 heterocycles. The molecule has 0 bridgehead atoms. The largest absolute Gasteiger partial charge is 0.493 e. The van der Waals surface area contributed by atoms with Crippen LogP contribution < -0.4 is 14.8 Å². The van der Waals surface area contributed by atoms with Crippen LogP contribution in [-0.2, 0) is 0 Å². The van der Waals surface area contributed by atoms with Crippen LogP contribution in [0.4, 0.5) is 0 Å². The number of aryl methyl sites for hydroxylation is 1. The molecular formula is C16H20N2O2. The van der Waals surface area contributed by atoms with Gasteiger partial charge in [-0.05, 0) is 48.9 Å². The summed E-state index contributed by atoms with van der Waals surface area (Å²) in [5.41, 5.74) is 3.47. The van der Waals surface area contributed by atoms with Crippen LogP contribution in [0.5, 0.6) is 11.5 Å². The van der Waals surface area contributed by atoms with E-state index < -0.39 is 0 Å². The molecule has 1 N–H and O–H groups in total. The smallest absolute Gasteiger partial charge is 0.161 e. The van der Waals surface area contributed by atoms with E-state index in [2.05, 4.69) is 17.2 Å². The Morgan fingerprint density at radius 3 is 2.45 bits per heavy atom. The van der Waals surface area contributed by atoms with Crippen LogP contribution in [0, 0.1) is 6.92 Å². The highest BCUT2D eigenvalue weighted by molar-refractivity contribution is 5.46. The third-order valence-corrected chi connectivity index (χ3v) is 3.42. The summed E-state index contributed by atoms with van der Waals surface area (Å²) in [4.78, 5) is 4.22. The van der Waals surface area contributed by atoms with Crippen LogP contribution >= 0.6 is 0 Å². The van der Waals surface area contributed by atoms with Gasteiger partial charge in [0.1, 0.15) is 0 Å². The van der Waals surface area contributed by atoms with E-state index in [1.165, 1.54) is 5.56 Å². The van der Waals surface area contributed by atoms with Gasteiger partial charge in [0.25, 0.3) is 0 Å². The van der Waals surface area contributed by atoms with Gasteiger partial charge in [-0.3, -0.25) is 4.98 Å². The standard InChI is InChI=1S/C16H20N2O2/c1-11-7-8-18-10-13(11)16(17-2)12-5-6-14(19-3)15(9-12)20-4/h5-10,16-17H,1-4H3. The summed E-state index contributed by atoms with van der Waals surface area (Å²) in [5.74, 6) is 1.46. The Hall–Kier alpha value is -2.07. The molecule has 2 aromatic rings. The van der Waals surface area contributed by atoms with E-state index in [-0.39, 0.29) is 6.04 Å². The minimum absolute atomic E-state index is 0.0727. The van der Waals surface area contributed by atoms with Crippen LogP contribution in [0.25, 0.3) is 0 Å². The van der Waals surface area contributed by atoms with Crippen molar-refractivity contribution in [1.29, 1.82) is 0 Å². The lowest BCUT2D eigenvalue weighted by molar-refractivity contribution is 0.354. The van der Waals surface area contributed by atoms with Crippen molar-refractivity contribution in [3.8, 4) is 11.5 Å². The molecule has 0 fully saturated rings. The number of benzene rings is 1. The summed E-state index contributed by atoms with van der Waals surface area (Å²) >= 11 is 0. The fourth-order valence-electron chi connectivity index (χ4n) is 2.31. The van der Waals surface area contributed by atoms with Gasteiger partial charge in [-0.25, -0.2) is 0 Å². The highest BCUT2D eigenvalue weighted by Crippen LogP contribution is 2.32. The van der Waals surface area contributed by atoms with Crippen LogP contribution in [0.2, 0.25) is 0 Å². The number of ether oxygens (including phenoxy) is 2. The first-order chi connectivity index (χ1) is 9.71. The molecule has 0 radical (unpaired) electrons. The molecule has 4 nitrogen and oxygen atoms in total. The molecule has 1 aromatic heterocycles. The molecule has 2 rings (SSSR count). The van der Waals surface area contributed by atoms with Crippen molar-refractivity contribution >= 4 is 0 Å². The molecule has 0 spiro atoms. The Labute approximate surface area is 119 Å². The second-order valence-electron chi connectivity index (χ2n) is 4.57. The summed E-state index contributed by atoms with van der Waals surface area (Å²) in [6.07, 6.45) is 3.70. The van der Waals surface area contributed by atoms with Gasteiger partial charge in [0, 0.05) is 12.4 Å². The van der Waals surface area contributed by atoms with E-state index >= 15 is 0 Å². The van der Waals surface area contributed by atoms with Gasteiger partial charge in [-0.2, -0.15) is 0 Å². The summed E-state index contributed by atoms with van der Waals surface area (Å²) in [6.45, 7) is 2.09. The molecule has 0 amide bonds. The molecule has 1 atom stereocenters. The Balaban J connectivity index is 2.45. The highest BCUT2D eigenvalue weighted by atomic mass is 16.5. The maximum Gasteiger partial charge on any atom is 0.161 e. The van der Waals surface area contributed by atoms with Gasteiger partial charge in [0.2, 0.25) is 0 Å². The lowest BCUT2D eigenvalue weighted by Crippen LogP contribution is -2.19. The van der Waals surface area contributed by atoms with Crippen LogP contribution in [0.15, 0.2) is 36.7 Å². The van der Waals surface area contributed by atoms with E-state index in [0.29, 0.717) is 0 Å². The number of nitrogens with zero attached hydrogens (tertiary/aromatic N) is 1. The molecule has 0 saturated carbocycles. The minimum Gasteiger partial charge on any atom is -0.493 e. The average molecular weight is 272 g/mol. The van der Waals surface area contributed by atoms with Crippen molar-refractivity contribution in [3.05, 3.63) is 53.3 Å². The van der Waals surface area contributed by atoms with Gasteiger partial charge < -0.3 is 14.8 Å². The van der Waals surface area contributed by atoms with Crippen molar-refractivity contribution in [3.63, 3.8) is 0 Å². The predicted octanol–water partition coefficient (Wildman–Crippen LogP) is 2.72. The first-order valence-corrected chi connectivity index (χ1v) is 6.51. The van der Waals surface area contributed by atoms with Gasteiger partial charge in [0.05, 0.1) is 20.3 Å². The molecule has 106 valence electrons. The Kier molecular flexibility index (Phi) is 4.58. The molecule has 0 aliphatic heterocycles. The second kappa shape index (κ2) is 6.39. The first kappa shape index (κ1) is 14.3. The van der Waals surface area contributed by atoms with Crippen molar-refractivity contribution in [2.75, 3.05) is 21.3 Å². The number of methoxy groups -OCH3 is 2. The minimum atomic E-state index is 0.0727. The molecule has 20 heavy (non-hydrogen) atoms. The maximum atomic E-state index is 5.37. The zero-order valence-corrected chi connectivity index (χ0v) is 12.3. The van der Waals surface area contributed by atoms with E-state index in [1.807, 2.05) is 37.5 Å². The number of hydrogen-bond acceptors (Lipinski definition) is 4. The number of rotatable bonds is 5. The average Bonchev–Trinajstić information content (AvgIpc) is 2.49. The van der Waals surface area contributed by atoms with Crippen molar-refractivity contribution in [2.45, 2.75) is 13.0 Å². The van der Waals surface area contributed by atoms with Gasteiger partial charge >= 0.3 is 0 Å². The first-order valence-electron chi connectivity index (χ1n) is 6.51. The molecule has 1 unspecified atom stereocenters. The summed E-state index contributed by atoms with van der Waals surface area (Å²) in [7, 11) is 5.22. The Bertz CT molecular complexity index is 584. The molecule has 0 saturated heterocycles. The summed E-state index contributed by atoms with van der Waals surface area (Å²) < 4.78 is 10.6. The third-order valence-electron chi connectivity index (χ3n) is 3.42. The fraction of sp³-hybridized carbons (Fsp3) is 0.312. The topological polar surface area (TPSA) is 43.4 Å². The monoisotopic (exact) mass is 272 g/mol. The lowest BCUT2D eigenvalue weighted by Gasteiger charge is -2.20. The summed E-state index contributed by atoms with van der Waals surface area (Å²) in [6, 6.07) is 8.04. The van der Waals surface area contributed by atoms with Crippen molar-refractivity contribution < 1.29 is 9.47 Å². The molecule has 4 heteroatoms. The van der Waals surface area contributed by atoms with Gasteiger partial charge in [-0.15, -0.1) is 0 Å². The van der Waals surface area contributed by atoms with Crippen LogP contribution in [-0.4, -0.2) is 26.3 Å². The lowest BCUT2D eigenvalue weighted by atomic mass is 9.96. The quantitative estimate of drug-likeness (QED) is 0.909. The van der Waals surface area contributed by atoms with E-state index in [9.17, 15) is 0 Å². The Morgan fingerprint density at radius 2 is 1.85 bits per heavy atom. The second-order valence-corrected chi connectivity index (χ2v) is 4.57. The maximum absolute atomic E-state index is 5.37. The zero-order valence-electron chi connectivity index (χ0n) is 12.3. The SMILES string of the molecule is CNC(c1ccc(OC)c(OC)c1)c1cnccc1C. The molecule has 0 aliphatic carbocycles. The van der Waals surface area contributed by atoms with Crippen LogP contribution in [0.3, 0.4) is 0 Å². The number of nitrogens with one attached hydrogen (secondary N) is 1. The fourth-order valence-corrected chi connectivity index (χ4v) is 2.31. The number of aromatic nitrogens is 1. The third kappa shape index (κ3) is 2.75. The zero-order chi connectivity index (χ0) is 14.5. The molecule has 1 aromatic carbocycles. The van der Waals surface area contributed by atoms with E-state index in [0.717, 1.165) is 22.6 Å². The van der Waals surface area contributed by atoms with E-state index in [4.69, 9.17) is 9.47 Å². The van der Waals surface area contributed by atoms with E-state index in [1.54, 1.807) is 20.4 Å². The highest BCUT2D eigenvalue weighted by Gasteiger charge is 2.16. The Morgan fingerprint density at radius 1 is 1.10 bits per heavy atom. The van der Waals surface area contributed by atoms with Crippen molar-refractivity contribution in [1.82, 2.24) is 10.3 Å². The molecule has 0 aliphatic rings. The van der Waals surface area contributed by atoms with Gasteiger partial charge in [-0.1, -0.05) is 6.07 Å². The summed E-state index contributed by atoms with van der Waals surface area (Å²) in [5, 5.41) is 3.33. The van der Waals surface area contributed by atoms with Crippen LogP contribution in [0.1, 0.15) is 22.7 Å². The van der Waals surface area contributed by atoms with Crippen molar-refractivity contribution in [2.24, 2.45) is 0 Å². The van der Waals surface area contributed by atoms with Gasteiger partial charge in [0.15, 0.2) is 11.5 Å². The predicted molar refractivity (Wildman–Crippen MR) is 79.4 cm³/mol. The normalized spacial score (nSPS) is 12.0. The number of hydrogen-bond donors (Lipinski definition) is 1. The number of pyridine rings is 1. The molecular weight excluding hydrogens is 252 g/mol.